The van der Waals surface area contributed by atoms with E-state index >= 15 is 0 Å². The second-order valence-electron chi connectivity index (χ2n) is 6.21. The van der Waals surface area contributed by atoms with Crippen molar-refractivity contribution in [3.8, 4) is 0 Å². The van der Waals surface area contributed by atoms with Crippen molar-refractivity contribution in [1.82, 2.24) is 9.38 Å². The van der Waals surface area contributed by atoms with Gasteiger partial charge >= 0.3 is 0 Å². The van der Waals surface area contributed by atoms with Crippen LogP contribution in [0, 0.1) is 5.92 Å². The summed E-state index contributed by atoms with van der Waals surface area (Å²) in [6.07, 6.45) is 8.91. The smallest absolute Gasteiger partial charge is 0.137 e. The van der Waals surface area contributed by atoms with Crippen LogP contribution in [0.1, 0.15) is 43.9 Å². The molecule has 3 heterocycles. The van der Waals surface area contributed by atoms with Gasteiger partial charge in [0.05, 0.1) is 11.3 Å². The van der Waals surface area contributed by atoms with Gasteiger partial charge in [-0.1, -0.05) is 6.07 Å². The molecule has 2 aromatic heterocycles. The lowest BCUT2D eigenvalue weighted by molar-refractivity contribution is -0.157. The summed E-state index contributed by atoms with van der Waals surface area (Å²) >= 11 is 0. The summed E-state index contributed by atoms with van der Waals surface area (Å²) in [7, 11) is 0. The molecule has 0 amide bonds. The standard InChI is InChI=1S/C16H20N2O2/c19-15(12-5-9-20-16(10-12)6-3-7-16)13-11-18-8-2-1-4-14(18)17-13/h1-2,4,8,11-12,15,19H,3,5-7,9-10H2. The summed E-state index contributed by atoms with van der Waals surface area (Å²) in [5.41, 5.74) is 1.76. The van der Waals surface area contributed by atoms with Gasteiger partial charge in [0.15, 0.2) is 0 Å². The lowest BCUT2D eigenvalue weighted by Gasteiger charge is -2.48. The Balaban J connectivity index is 1.58. The molecule has 1 N–H and O–H groups in total. The van der Waals surface area contributed by atoms with E-state index in [4.69, 9.17) is 4.74 Å². The molecule has 2 aromatic rings. The molecule has 1 spiro atoms. The highest BCUT2D eigenvalue weighted by molar-refractivity contribution is 5.39. The Hall–Kier alpha value is -1.39. The summed E-state index contributed by atoms with van der Waals surface area (Å²) in [6, 6.07) is 5.91. The van der Waals surface area contributed by atoms with Crippen LogP contribution in [-0.2, 0) is 4.74 Å². The normalized spacial score (nSPS) is 26.6. The van der Waals surface area contributed by atoms with Crippen molar-refractivity contribution in [2.45, 2.75) is 43.8 Å². The molecule has 0 aromatic carbocycles. The van der Waals surface area contributed by atoms with Crippen molar-refractivity contribution in [1.29, 1.82) is 0 Å². The van der Waals surface area contributed by atoms with Crippen molar-refractivity contribution in [2.24, 2.45) is 5.92 Å². The van der Waals surface area contributed by atoms with Crippen LogP contribution in [0.5, 0.6) is 0 Å². The van der Waals surface area contributed by atoms with Crippen LogP contribution in [-0.4, -0.2) is 26.7 Å². The highest BCUT2D eigenvalue weighted by Crippen LogP contribution is 2.47. The molecule has 1 aliphatic heterocycles. The van der Waals surface area contributed by atoms with Crippen molar-refractivity contribution >= 4 is 5.65 Å². The molecule has 4 heteroatoms. The largest absolute Gasteiger partial charge is 0.386 e. The third-order valence-electron chi connectivity index (χ3n) is 4.93. The molecule has 2 atom stereocenters. The van der Waals surface area contributed by atoms with Crippen LogP contribution in [0.15, 0.2) is 30.6 Å². The second-order valence-corrected chi connectivity index (χ2v) is 6.21. The summed E-state index contributed by atoms with van der Waals surface area (Å²) in [4.78, 5) is 4.55. The average molecular weight is 272 g/mol. The van der Waals surface area contributed by atoms with Crippen LogP contribution in [0.3, 0.4) is 0 Å². The minimum absolute atomic E-state index is 0.0725. The van der Waals surface area contributed by atoms with Crippen LogP contribution < -0.4 is 0 Å². The summed E-state index contributed by atoms with van der Waals surface area (Å²) in [5.74, 6) is 0.272. The first-order chi connectivity index (χ1) is 9.76. The molecule has 0 radical (unpaired) electrons. The van der Waals surface area contributed by atoms with Crippen LogP contribution in [0.25, 0.3) is 5.65 Å². The molecule has 4 rings (SSSR count). The van der Waals surface area contributed by atoms with Gasteiger partial charge in [0.25, 0.3) is 0 Å². The molecule has 20 heavy (non-hydrogen) atoms. The maximum absolute atomic E-state index is 10.7. The molecule has 2 aliphatic rings. The Morgan fingerprint density at radius 3 is 3.05 bits per heavy atom. The molecular formula is C16H20N2O2. The number of fused-ring (bicyclic) bond motifs is 1. The van der Waals surface area contributed by atoms with Gasteiger partial charge in [-0.25, -0.2) is 4.98 Å². The van der Waals surface area contributed by atoms with E-state index < -0.39 is 6.10 Å². The Morgan fingerprint density at radius 2 is 2.30 bits per heavy atom. The summed E-state index contributed by atoms with van der Waals surface area (Å²) < 4.78 is 7.91. The number of hydrogen-bond donors (Lipinski definition) is 1. The molecule has 1 saturated heterocycles. The van der Waals surface area contributed by atoms with Crippen molar-refractivity contribution in [3.05, 3.63) is 36.3 Å². The van der Waals surface area contributed by atoms with E-state index in [1.165, 1.54) is 6.42 Å². The monoisotopic (exact) mass is 272 g/mol. The van der Waals surface area contributed by atoms with Crippen molar-refractivity contribution < 1.29 is 9.84 Å². The quantitative estimate of drug-likeness (QED) is 0.914. The number of aliphatic hydroxyl groups excluding tert-OH is 1. The molecule has 2 unspecified atom stereocenters. The number of pyridine rings is 1. The van der Waals surface area contributed by atoms with E-state index in [-0.39, 0.29) is 11.5 Å². The van der Waals surface area contributed by atoms with Gasteiger partial charge in [-0.2, -0.15) is 0 Å². The molecule has 106 valence electrons. The fourth-order valence-corrected chi connectivity index (χ4v) is 3.59. The van der Waals surface area contributed by atoms with Crippen molar-refractivity contribution in [2.75, 3.05) is 6.61 Å². The zero-order valence-corrected chi connectivity index (χ0v) is 11.5. The zero-order chi connectivity index (χ0) is 13.6. The molecule has 1 saturated carbocycles. The van der Waals surface area contributed by atoms with E-state index in [1.54, 1.807) is 0 Å². The van der Waals surface area contributed by atoms with Crippen molar-refractivity contribution in [3.63, 3.8) is 0 Å². The second kappa shape index (κ2) is 4.57. The third-order valence-corrected chi connectivity index (χ3v) is 4.93. The lowest BCUT2D eigenvalue weighted by Crippen LogP contribution is -2.46. The number of ether oxygens (including phenoxy) is 1. The van der Waals surface area contributed by atoms with Gasteiger partial charge in [0.1, 0.15) is 11.8 Å². The number of rotatable bonds is 2. The van der Waals surface area contributed by atoms with Gasteiger partial charge < -0.3 is 14.2 Å². The van der Waals surface area contributed by atoms with E-state index in [9.17, 15) is 5.11 Å². The highest BCUT2D eigenvalue weighted by Gasteiger charge is 2.44. The minimum atomic E-state index is -0.476. The number of nitrogens with zero attached hydrogens (tertiary/aromatic N) is 2. The minimum Gasteiger partial charge on any atom is -0.386 e. The summed E-state index contributed by atoms with van der Waals surface area (Å²) in [6.45, 7) is 0.773. The molecule has 0 bridgehead atoms. The van der Waals surface area contributed by atoms with Gasteiger partial charge in [0.2, 0.25) is 0 Å². The molecular weight excluding hydrogens is 252 g/mol. The topological polar surface area (TPSA) is 46.8 Å². The van der Waals surface area contributed by atoms with Crippen LogP contribution >= 0.6 is 0 Å². The van der Waals surface area contributed by atoms with Gasteiger partial charge in [0, 0.05) is 19.0 Å². The Bertz CT molecular complexity index is 585. The number of imidazole rings is 1. The van der Waals surface area contributed by atoms with E-state index in [0.717, 1.165) is 43.6 Å². The molecule has 2 fully saturated rings. The molecule has 1 aliphatic carbocycles. The predicted molar refractivity (Wildman–Crippen MR) is 75.4 cm³/mol. The van der Waals surface area contributed by atoms with Crippen LogP contribution in [0.4, 0.5) is 0 Å². The van der Waals surface area contributed by atoms with E-state index in [2.05, 4.69) is 4.98 Å². The lowest BCUT2D eigenvalue weighted by atomic mass is 9.70. The fraction of sp³-hybridized carbons (Fsp3) is 0.562. The maximum atomic E-state index is 10.7. The summed E-state index contributed by atoms with van der Waals surface area (Å²) in [5, 5.41) is 10.7. The Morgan fingerprint density at radius 1 is 1.40 bits per heavy atom. The van der Waals surface area contributed by atoms with Gasteiger partial charge in [-0.3, -0.25) is 0 Å². The number of aliphatic hydroxyl groups is 1. The van der Waals surface area contributed by atoms with E-state index in [1.807, 2.05) is 35.0 Å². The maximum Gasteiger partial charge on any atom is 0.137 e. The first kappa shape index (κ1) is 12.4. The Labute approximate surface area is 118 Å². The SMILES string of the molecule is OC(c1cn2ccccc2n1)C1CCOC2(CCC2)C1. The average Bonchev–Trinajstić information content (AvgIpc) is 2.89. The highest BCUT2D eigenvalue weighted by atomic mass is 16.5. The first-order valence-electron chi connectivity index (χ1n) is 7.51. The third kappa shape index (κ3) is 1.95. The zero-order valence-electron chi connectivity index (χ0n) is 11.5. The first-order valence-corrected chi connectivity index (χ1v) is 7.51. The Kier molecular flexibility index (Phi) is 2.82. The predicted octanol–water partition coefficient (Wildman–Crippen LogP) is 2.72. The van der Waals surface area contributed by atoms with Gasteiger partial charge in [-0.15, -0.1) is 0 Å². The number of hydrogen-bond acceptors (Lipinski definition) is 3. The van der Waals surface area contributed by atoms with Crippen LogP contribution in [0.2, 0.25) is 0 Å². The number of aromatic nitrogens is 2. The van der Waals surface area contributed by atoms with E-state index in [0.29, 0.717) is 0 Å². The fourth-order valence-electron chi connectivity index (χ4n) is 3.59. The molecule has 4 nitrogen and oxygen atoms in total. The van der Waals surface area contributed by atoms with Gasteiger partial charge in [-0.05, 0) is 50.2 Å².